The van der Waals surface area contributed by atoms with Gasteiger partial charge in [-0.2, -0.15) is 5.10 Å². The maximum absolute atomic E-state index is 5.31. The number of hydrogen-bond donors (Lipinski definition) is 1. The summed E-state index contributed by atoms with van der Waals surface area (Å²) in [6.07, 6.45) is 5.83. The third-order valence-corrected chi connectivity index (χ3v) is 3.45. The van der Waals surface area contributed by atoms with E-state index < -0.39 is 0 Å². The van der Waals surface area contributed by atoms with Gasteiger partial charge >= 0.3 is 0 Å². The Hall–Kier alpha value is -1.88. The Morgan fingerprint density at radius 2 is 2.26 bits per heavy atom. The summed E-state index contributed by atoms with van der Waals surface area (Å²) >= 11 is 0. The molecule has 1 aliphatic carbocycles. The molecule has 0 bridgehead atoms. The second-order valence-electron chi connectivity index (χ2n) is 4.90. The lowest BCUT2D eigenvalue weighted by molar-refractivity contribution is 0.179. The van der Waals surface area contributed by atoms with Crippen LogP contribution in [0.4, 0.5) is 5.69 Å². The van der Waals surface area contributed by atoms with Crippen molar-refractivity contribution in [3.8, 4) is 5.69 Å². The van der Waals surface area contributed by atoms with Crippen molar-refractivity contribution in [3.05, 3.63) is 36.9 Å². The molecule has 1 aliphatic rings. The van der Waals surface area contributed by atoms with Crippen LogP contribution in [-0.4, -0.2) is 34.5 Å². The molecule has 0 amide bonds. The Bertz CT molecular complexity index is 522. The number of methoxy groups -OCH3 is 1. The minimum atomic E-state index is 0.370. The van der Waals surface area contributed by atoms with E-state index in [0.717, 1.165) is 23.9 Å². The van der Waals surface area contributed by atoms with E-state index >= 15 is 0 Å². The Balaban J connectivity index is 1.83. The van der Waals surface area contributed by atoms with Crippen molar-refractivity contribution >= 4 is 5.69 Å². The lowest BCUT2D eigenvalue weighted by Gasteiger charge is -2.20. The van der Waals surface area contributed by atoms with Crippen molar-refractivity contribution in [2.75, 3.05) is 19.0 Å². The number of aromatic nitrogens is 3. The summed E-state index contributed by atoms with van der Waals surface area (Å²) < 4.78 is 7.09. The van der Waals surface area contributed by atoms with Gasteiger partial charge in [-0.3, -0.25) is 0 Å². The first-order chi connectivity index (χ1) is 9.38. The maximum atomic E-state index is 5.31. The molecule has 19 heavy (non-hydrogen) atoms. The van der Waals surface area contributed by atoms with E-state index in [4.69, 9.17) is 4.74 Å². The number of nitrogens with one attached hydrogen (secondary N) is 1. The molecule has 1 atom stereocenters. The molecular weight excluding hydrogens is 240 g/mol. The fraction of sp³-hybridized carbons (Fsp3) is 0.429. The van der Waals surface area contributed by atoms with Gasteiger partial charge in [0.1, 0.15) is 12.7 Å². The number of benzene rings is 1. The SMILES string of the molecule is COCC(Nc1ccccc1-n1cncn1)C1CC1. The molecule has 2 aromatic rings. The molecule has 1 aromatic heterocycles. The summed E-state index contributed by atoms with van der Waals surface area (Å²) in [5, 5.41) is 7.78. The first-order valence-corrected chi connectivity index (χ1v) is 6.58. The van der Waals surface area contributed by atoms with E-state index in [9.17, 15) is 0 Å². The second-order valence-corrected chi connectivity index (χ2v) is 4.90. The number of nitrogens with zero attached hydrogens (tertiary/aromatic N) is 3. The Labute approximate surface area is 112 Å². The van der Waals surface area contributed by atoms with Crippen LogP contribution < -0.4 is 5.32 Å². The maximum Gasteiger partial charge on any atom is 0.138 e. The van der Waals surface area contributed by atoms with Gasteiger partial charge in [-0.15, -0.1) is 0 Å². The molecule has 1 aromatic carbocycles. The van der Waals surface area contributed by atoms with E-state index in [-0.39, 0.29) is 0 Å². The lowest BCUT2D eigenvalue weighted by Crippen LogP contribution is -2.27. The number of ether oxygens (including phenoxy) is 1. The predicted octanol–water partition coefficient (Wildman–Crippen LogP) is 2.10. The van der Waals surface area contributed by atoms with Crippen molar-refractivity contribution in [2.45, 2.75) is 18.9 Å². The van der Waals surface area contributed by atoms with Crippen LogP contribution in [0, 0.1) is 5.92 Å². The van der Waals surface area contributed by atoms with Gasteiger partial charge in [-0.25, -0.2) is 9.67 Å². The molecule has 1 saturated carbocycles. The smallest absolute Gasteiger partial charge is 0.138 e. The molecule has 1 fully saturated rings. The predicted molar refractivity (Wildman–Crippen MR) is 73.4 cm³/mol. The Morgan fingerprint density at radius 3 is 2.95 bits per heavy atom. The molecule has 0 spiro atoms. The highest BCUT2D eigenvalue weighted by Gasteiger charge is 2.31. The second kappa shape index (κ2) is 5.40. The zero-order valence-corrected chi connectivity index (χ0v) is 11.0. The number of hydrogen-bond acceptors (Lipinski definition) is 4. The van der Waals surface area contributed by atoms with Crippen LogP contribution in [0.2, 0.25) is 0 Å². The summed E-state index contributed by atoms with van der Waals surface area (Å²) in [6, 6.07) is 8.51. The fourth-order valence-electron chi connectivity index (χ4n) is 2.30. The number of rotatable bonds is 6. The van der Waals surface area contributed by atoms with Gasteiger partial charge in [0.25, 0.3) is 0 Å². The molecule has 1 N–H and O–H groups in total. The van der Waals surface area contributed by atoms with Gasteiger partial charge in [-0.05, 0) is 30.9 Å². The first kappa shape index (κ1) is 12.2. The average Bonchev–Trinajstić information content (AvgIpc) is 3.14. The average molecular weight is 258 g/mol. The summed E-state index contributed by atoms with van der Waals surface area (Å²) in [7, 11) is 1.75. The van der Waals surface area contributed by atoms with Crippen LogP contribution in [0.25, 0.3) is 5.69 Å². The van der Waals surface area contributed by atoms with Crippen molar-refractivity contribution in [2.24, 2.45) is 5.92 Å². The van der Waals surface area contributed by atoms with Gasteiger partial charge in [0.05, 0.1) is 24.0 Å². The number of anilines is 1. The van der Waals surface area contributed by atoms with Crippen LogP contribution in [0.5, 0.6) is 0 Å². The van der Waals surface area contributed by atoms with Crippen LogP contribution in [0.3, 0.4) is 0 Å². The molecule has 1 unspecified atom stereocenters. The Morgan fingerprint density at radius 1 is 1.42 bits per heavy atom. The highest BCUT2D eigenvalue weighted by molar-refractivity contribution is 5.61. The van der Waals surface area contributed by atoms with Gasteiger partial charge in [0, 0.05) is 7.11 Å². The minimum Gasteiger partial charge on any atom is -0.383 e. The summed E-state index contributed by atoms with van der Waals surface area (Å²) in [5.41, 5.74) is 2.09. The first-order valence-electron chi connectivity index (χ1n) is 6.58. The zero-order valence-electron chi connectivity index (χ0n) is 11.0. The van der Waals surface area contributed by atoms with Crippen LogP contribution >= 0.6 is 0 Å². The minimum absolute atomic E-state index is 0.370. The normalized spacial score (nSPS) is 16.3. The molecule has 100 valence electrons. The zero-order chi connectivity index (χ0) is 13.1. The molecule has 0 aliphatic heterocycles. The van der Waals surface area contributed by atoms with Crippen molar-refractivity contribution in [1.29, 1.82) is 0 Å². The summed E-state index contributed by atoms with van der Waals surface area (Å²) in [4.78, 5) is 4.00. The lowest BCUT2D eigenvalue weighted by atomic mass is 10.1. The van der Waals surface area contributed by atoms with E-state index in [1.165, 1.54) is 12.8 Å². The van der Waals surface area contributed by atoms with Gasteiger partial charge in [0.15, 0.2) is 0 Å². The van der Waals surface area contributed by atoms with Gasteiger partial charge in [0.2, 0.25) is 0 Å². The standard InChI is InChI=1S/C14H18N4O/c1-19-8-13(11-6-7-11)17-12-4-2-3-5-14(12)18-10-15-9-16-18/h2-5,9-11,13,17H,6-8H2,1H3. The molecule has 0 saturated heterocycles. The molecule has 5 heteroatoms. The van der Waals surface area contributed by atoms with Crippen LogP contribution in [-0.2, 0) is 4.74 Å². The van der Waals surface area contributed by atoms with Gasteiger partial charge < -0.3 is 10.1 Å². The third kappa shape index (κ3) is 2.76. The van der Waals surface area contributed by atoms with Gasteiger partial charge in [-0.1, -0.05) is 12.1 Å². The van der Waals surface area contributed by atoms with Crippen LogP contribution in [0.15, 0.2) is 36.9 Å². The quantitative estimate of drug-likeness (QED) is 0.862. The van der Waals surface area contributed by atoms with Crippen LogP contribution in [0.1, 0.15) is 12.8 Å². The molecular formula is C14H18N4O. The molecule has 1 heterocycles. The topological polar surface area (TPSA) is 52.0 Å². The molecule has 0 radical (unpaired) electrons. The molecule has 5 nitrogen and oxygen atoms in total. The summed E-state index contributed by atoms with van der Waals surface area (Å²) in [6.45, 7) is 0.732. The van der Waals surface area contributed by atoms with E-state index in [0.29, 0.717) is 6.04 Å². The third-order valence-electron chi connectivity index (χ3n) is 3.45. The largest absolute Gasteiger partial charge is 0.383 e. The summed E-state index contributed by atoms with van der Waals surface area (Å²) in [5.74, 6) is 0.726. The highest BCUT2D eigenvalue weighted by atomic mass is 16.5. The van der Waals surface area contributed by atoms with Crippen molar-refractivity contribution in [1.82, 2.24) is 14.8 Å². The van der Waals surface area contributed by atoms with Crippen molar-refractivity contribution < 1.29 is 4.74 Å². The number of para-hydroxylation sites is 2. The molecule has 3 rings (SSSR count). The van der Waals surface area contributed by atoms with Crippen molar-refractivity contribution in [3.63, 3.8) is 0 Å². The fourth-order valence-corrected chi connectivity index (χ4v) is 2.30. The highest BCUT2D eigenvalue weighted by Crippen LogP contribution is 2.35. The Kier molecular flexibility index (Phi) is 3.46. The van der Waals surface area contributed by atoms with E-state index in [1.54, 1.807) is 24.4 Å². The van der Waals surface area contributed by atoms with E-state index in [2.05, 4.69) is 21.5 Å². The monoisotopic (exact) mass is 258 g/mol. The van der Waals surface area contributed by atoms with E-state index in [1.807, 2.05) is 18.2 Å².